The Hall–Kier alpha value is -3.82. The van der Waals surface area contributed by atoms with Crippen molar-refractivity contribution in [3.8, 4) is 22.8 Å². The zero-order chi connectivity index (χ0) is 23.7. The molecule has 0 bridgehead atoms. The van der Waals surface area contributed by atoms with Crippen molar-refractivity contribution in [3.63, 3.8) is 0 Å². The van der Waals surface area contributed by atoms with Crippen molar-refractivity contribution in [1.29, 1.82) is 0 Å². The number of carbonyl (C=O) groups excluding carboxylic acids is 1. The second-order valence-corrected chi connectivity index (χ2v) is 8.78. The van der Waals surface area contributed by atoms with E-state index < -0.39 is 6.09 Å². The maximum absolute atomic E-state index is 13.0. The predicted molar refractivity (Wildman–Crippen MR) is 124 cm³/mol. The number of rotatable bonds is 7. The highest BCUT2D eigenvalue weighted by Gasteiger charge is 2.26. The highest BCUT2D eigenvalue weighted by molar-refractivity contribution is 6.08. The molecule has 2 fully saturated rings. The van der Waals surface area contributed by atoms with E-state index in [1.165, 1.54) is 24.1 Å². The second-order valence-electron chi connectivity index (χ2n) is 8.78. The molecule has 178 valence electrons. The van der Waals surface area contributed by atoms with E-state index in [2.05, 4.69) is 20.3 Å². The van der Waals surface area contributed by atoms with Gasteiger partial charge in [-0.05, 0) is 43.7 Å². The molecule has 1 saturated heterocycles. The molecule has 34 heavy (non-hydrogen) atoms. The molecule has 5 rings (SSSR count). The van der Waals surface area contributed by atoms with Crippen LogP contribution in [0.3, 0.4) is 0 Å². The first-order chi connectivity index (χ1) is 16.5. The Labute approximate surface area is 196 Å². The second kappa shape index (κ2) is 9.20. The predicted octanol–water partition coefficient (Wildman–Crippen LogP) is 3.29. The zero-order valence-electron chi connectivity index (χ0n) is 18.9. The first-order valence-electron chi connectivity index (χ1n) is 11.5. The Morgan fingerprint density at radius 2 is 2.00 bits per heavy atom. The topological polar surface area (TPSA) is 130 Å². The summed E-state index contributed by atoms with van der Waals surface area (Å²) in [6.45, 7) is 1.46. The van der Waals surface area contributed by atoms with Gasteiger partial charge < -0.3 is 29.8 Å². The minimum atomic E-state index is -0.926. The molecule has 1 aliphatic carbocycles. The van der Waals surface area contributed by atoms with Crippen molar-refractivity contribution in [3.05, 3.63) is 36.3 Å². The summed E-state index contributed by atoms with van der Waals surface area (Å²) in [5.74, 6) is 1.72. The zero-order valence-corrected chi connectivity index (χ0v) is 18.9. The molecule has 0 atom stereocenters. The molecule has 2 aromatic heterocycles. The number of benzene rings is 1. The van der Waals surface area contributed by atoms with E-state index in [4.69, 9.17) is 14.6 Å². The molecule has 0 unspecified atom stereocenters. The van der Waals surface area contributed by atoms with Crippen molar-refractivity contribution in [2.75, 3.05) is 26.8 Å². The number of piperidine rings is 1. The van der Waals surface area contributed by atoms with Gasteiger partial charge in [-0.3, -0.25) is 4.79 Å². The van der Waals surface area contributed by atoms with Crippen LogP contribution < -0.4 is 14.8 Å². The fraction of sp³-hybridized carbons (Fsp3) is 0.417. The number of aromatic amines is 1. The molecule has 0 radical (unpaired) electrons. The SMILES string of the molecule is COc1ccc(-c2ncnc3c(C(=O)NC4CCN(C(=O)O)CC4)c[nH]c23)c(OCC2CC2)c1. The fourth-order valence-electron chi connectivity index (χ4n) is 4.23. The van der Waals surface area contributed by atoms with Crippen LogP contribution >= 0.6 is 0 Å². The van der Waals surface area contributed by atoms with Crippen LogP contribution in [0.4, 0.5) is 4.79 Å². The summed E-state index contributed by atoms with van der Waals surface area (Å²) in [4.78, 5) is 37.5. The van der Waals surface area contributed by atoms with Crippen molar-refractivity contribution in [2.45, 2.75) is 31.7 Å². The van der Waals surface area contributed by atoms with Gasteiger partial charge in [0.25, 0.3) is 5.91 Å². The number of carbonyl (C=O) groups is 2. The molecule has 2 aliphatic rings. The molecule has 3 N–H and O–H groups in total. The summed E-state index contributed by atoms with van der Waals surface area (Å²) >= 11 is 0. The van der Waals surface area contributed by atoms with E-state index >= 15 is 0 Å². The minimum Gasteiger partial charge on any atom is -0.497 e. The summed E-state index contributed by atoms with van der Waals surface area (Å²) in [6.07, 6.45) is 5.68. The Morgan fingerprint density at radius 1 is 1.21 bits per heavy atom. The van der Waals surface area contributed by atoms with E-state index in [0.717, 1.165) is 5.56 Å². The number of nitrogens with zero attached hydrogens (tertiary/aromatic N) is 3. The molecule has 10 heteroatoms. The normalized spacial score (nSPS) is 16.4. The summed E-state index contributed by atoms with van der Waals surface area (Å²) in [6, 6.07) is 5.52. The van der Waals surface area contributed by atoms with E-state index in [9.17, 15) is 9.59 Å². The number of carboxylic acid groups (broad SMARTS) is 1. The van der Waals surface area contributed by atoms with E-state index in [1.54, 1.807) is 13.3 Å². The third-order valence-corrected chi connectivity index (χ3v) is 6.42. The Morgan fingerprint density at radius 3 is 2.71 bits per heavy atom. The fourth-order valence-corrected chi connectivity index (χ4v) is 4.23. The number of hydrogen-bond donors (Lipinski definition) is 3. The molecule has 1 aliphatic heterocycles. The average Bonchev–Trinajstić information content (AvgIpc) is 3.58. The maximum Gasteiger partial charge on any atom is 0.407 e. The molecule has 3 aromatic rings. The first kappa shape index (κ1) is 22.0. The van der Waals surface area contributed by atoms with Crippen LogP contribution in [0.15, 0.2) is 30.7 Å². The van der Waals surface area contributed by atoms with Gasteiger partial charge in [0, 0.05) is 37.0 Å². The number of hydrogen-bond acceptors (Lipinski definition) is 6. The lowest BCUT2D eigenvalue weighted by Gasteiger charge is -2.30. The first-order valence-corrected chi connectivity index (χ1v) is 11.5. The Bertz CT molecular complexity index is 1210. The lowest BCUT2D eigenvalue weighted by Crippen LogP contribution is -2.46. The smallest absolute Gasteiger partial charge is 0.407 e. The van der Waals surface area contributed by atoms with E-state index in [1.807, 2.05) is 18.2 Å². The number of fused-ring (bicyclic) bond motifs is 1. The van der Waals surface area contributed by atoms with Crippen molar-refractivity contribution in [2.24, 2.45) is 5.92 Å². The Kier molecular flexibility index (Phi) is 5.95. The van der Waals surface area contributed by atoms with Gasteiger partial charge >= 0.3 is 6.09 Å². The summed E-state index contributed by atoms with van der Waals surface area (Å²) < 4.78 is 11.5. The van der Waals surface area contributed by atoms with Gasteiger partial charge in [0.05, 0.1) is 24.8 Å². The number of aromatic nitrogens is 3. The number of ether oxygens (including phenoxy) is 2. The van der Waals surface area contributed by atoms with Gasteiger partial charge in [-0.2, -0.15) is 0 Å². The molecule has 1 aromatic carbocycles. The number of amides is 2. The maximum atomic E-state index is 13.0. The average molecular weight is 466 g/mol. The Balaban J connectivity index is 1.40. The van der Waals surface area contributed by atoms with Gasteiger partial charge in [-0.25, -0.2) is 14.8 Å². The summed E-state index contributed by atoms with van der Waals surface area (Å²) in [7, 11) is 1.62. The molecule has 1 saturated carbocycles. The van der Waals surface area contributed by atoms with E-state index in [0.29, 0.717) is 72.2 Å². The third kappa shape index (κ3) is 4.48. The number of methoxy groups -OCH3 is 1. The summed E-state index contributed by atoms with van der Waals surface area (Å²) in [5.41, 5.74) is 3.04. The highest BCUT2D eigenvalue weighted by Crippen LogP contribution is 2.37. The molecular weight excluding hydrogens is 438 g/mol. The van der Waals surface area contributed by atoms with Gasteiger partial charge in [-0.15, -0.1) is 0 Å². The highest BCUT2D eigenvalue weighted by atomic mass is 16.5. The van der Waals surface area contributed by atoms with Gasteiger partial charge in [0.1, 0.15) is 29.0 Å². The van der Waals surface area contributed by atoms with Gasteiger partial charge in [-0.1, -0.05) is 0 Å². The molecule has 10 nitrogen and oxygen atoms in total. The van der Waals surface area contributed by atoms with Crippen LogP contribution in [0.5, 0.6) is 11.5 Å². The van der Waals surface area contributed by atoms with Gasteiger partial charge in [0.15, 0.2) is 0 Å². The molecule has 3 heterocycles. The van der Waals surface area contributed by atoms with E-state index in [-0.39, 0.29) is 11.9 Å². The largest absolute Gasteiger partial charge is 0.497 e. The number of likely N-dealkylation sites (tertiary alicyclic amines) is 1. The minimum absolute atomic E-state index is 0.0848. The van der Waals surface area contributed by atoms with Crippen molar-refractivity contribution >= 4 is 23.0 Å². The molecule has 2 amide bonds. The standard InChI is InChI=1S/C24H27N5O5/c1-33-16-4-5-17(19(10-16)34-12-14-2-3-14)20-22-21(27-13-26-20)18(11-25-22)23(30)28-15-6-8-29(9-7-15)24(31)32/h4-5,10-11,13-15,25H,2-3,6-9,12H2,1H3,(H,28,30)(H,31,32). The van der Waals surface area contributed by atoms with Crippen LogP contribution in [0.25, 0.3) is 22.3 Å². The van der Waals surface area contributed by atoms with Crippen molar-refractivity contribution in [1.82, 2.24) is 25.2 Å². The lowest BCUT2D eigenvalue weighted by atomic mass is 10.0. The number of nitrogens with one attached hydrogen (secondary N) is 2. The molecule has 0 spiro atoms. The van der Waals surface area contributed by atoms with Crippen LogP contribution in [-0.2, 0) is 0 Å². The third-order valence-electron chi connectivity index (χ3n) is 6.42. The van der Waals surface area contributed by atoms with Crippen LogP contribution in [0, 0.1) is 5.92 Å². The van der Waals surface area contributed by atoms with Crippen LogP contribution in [-0.4, -0.2) is 69.8 Å². The van der Waals surface area contributed by atoms with Crippen molar-refractivity contribution < 1.29 is 24.2 Å². The number of H-pyrrole nitrogens is 1. The summed E-state index contributed by atoms with van der Waals surface area (Å²) in [5, 5.41) is 12.1. The van der Waals surface area contributed by atoms with Crippen LogP contribution in [0.1, 0.15) is 36.0 Å². The molecular formula is C24H27N5O5. The van der Waals surface area contributed by atoms with Gasteiger partial charge in [0.2, 0.25) is 0 Å². The lowest BCUT2D eigenvalue weighted by molar-refractivity contribution is 0.0909. The monoisotopic (exact) mass is 465 g/mol. The van der Waals surface area contributed by atoms with Crippen LogP contribution in [0.2, 0.25) is 0 Å². The quantitative estimate of drug-likeness (QED) is 0.488.